The molecule has 3 aromatic rings. The van der Waals surface area contributed by atoms with Gasteiger partial charge in [-0.3, -0.25) is 4.79 Å². The van der Waals surface area contributed by atoms with E-state index in [-0.39, 0.29) is 18.1 Å². The quantitative estimate of drug-likeness (QED) is 0.673. The predicted molar refractivity (Wildman–Crippen MR) is 105 cm³/mol. The lowest BCUT2D eigenvalue weighted by atomic mass is 10.0. The first-order valence-electron chi connectivity index (χ1n) is 8.99. The molecule has 1 aromatic carbocycles. The minimum absolute atomic E-state index is 0.0196. The predicted octanol–water partition coefficient (Wildman–Crippen LogP) is 3.74. The molecule has 0 aliphatic heterocycles. The Morgan fingerprint density at radius 1 is 1.33 bits per heavy atom. The van der Waals surface area contributed by atoms with Crippen LogP contribution in [0.25, 0.3) is 5.13 Å². The number of hydrogen-bond donors (Lipinski definition) is 1. The van der Waals surface area contributed by atoms with E-state index in [1.165, 1.54) is 17.4 Å². The summed E-state index contributed by atoms with van der Waals surface area (Å²) in [6.45, 7) is 6.64. The number of benzene rings is 1. The van der Waals surface area contributed by atoms with E-state index in [0.29, 0.717) is 13.0 Å². The van der Waals surface area contributed by atoms with E-state index < -0.39 is 0 Å². The molecule has 0 aliphatic carbocycles. The standard InChI is InChI=1S/C20H23FN4OS/c1-4-8-22-19(26)11-17-12-27-20(23-17)25-14(3)18(13(2)24-25)10-15-6-5-7-16(21)9-15/h5-7,9,12H,4,8,10-11H2,1-3H3,(H,22,26). The van der Waals surface area contributed by atoms with Crippen LogP contribution in [0.15, 0.2) is 29.6 Å². The molecule has 0 saturated heterocycles. The Kier molecular flexibility index (Phi) is 6.01. The van der Waals surface area contributed by atoms with Gasteiger partial charge in [0.05, 0.1) is 17.8 Å². The van der Waals surface area contributed by atoms with Crippen LogP contribution in [-0.2, 0) is 17.6 Å². The van der Waals surface area contributed by atoms with Crippen molar-refractivity contribution < 1.29 is 9.18 Å². The topological polar surface area (TPSA) is 59.8 Å². The highest BCUT2D eigenvalue weighted by Crippen LogP contribution is 2.23. The van der Waals surface area contributed by atoms with Gasteiger partial charge < -0.3 is 5.32 Å². The zero-order chi connectivity index (χ0) is 19.4. The number of hydrogen-bond acceptors (Lipinski definition) is 4. The zero-order valence-electron chi connectivity index (χ0n) is 15.8. The van der Waals surface area contributed by atoms with Crippen molar-refractivity contribution in [2.75, 3.05) is 6.54 Å². The van der Waals surface area contributed by atoms with Crippen molar-refractivity contribution in [1.82, 2.24) is 20.1 Å². The lowest BCUT2D eigenvalue weighted by molar-refractivity contribution is -0.120. The number of aryl methyl sites for hydroxylation is 1. The fraction of sp³-hybridized carbons (Fsp3) is 0.350. The average Bonchev–Trinajstić information content (AvgIpc) is 3.19. The molecule has 0 radical (unpaired) electrons. The molecule has 0 unspecified atom stereocenters. The summed E-state index contributed by atoms with van der Waals surface area (Å²) in [6, 6.07) is 6.62. The number of carbonyl (C=O) groups excluding carboxylic acids is 1. The maximum Gasteiger partial charge on any atom is 0.226 e. The van der Waals surface area contributed by atoms with Crippen LogP contribution >= 0.6 is 11.3 Å². The number of thiazole rings is 1. The number of amides is 1. The summed E-state index contributed by atoms with van der Waals surface area (Å²) < 4.78 is 15.3. The monoisotopic (exact) mass is 386 g/mol. The SMILES string of the molecule is CCCNC(=O)Cc1csc(-n2nc(C)c(Cc3cccc(F)c3)c2C)n1. The van der Waals surface area contributed by atoms with E-state index in [1.54, 1.807) is 12.1 Å². The van der Waals surface area contributed by atoms with Crippen molar-refractivity contribution >= 4 is 17.2 Å². The van der Waals surface area contributed by atoms with E-state index in [2.05, 4.69) is 15.4 Å². The second kappa shape index (κ2) is 8.43. The van der Waals surface area contributed by atoms with Crippen LogP contribution in [0.1, 0.15) is 41.6 Å². The molecule has 0 saturated carbocycles. The van der Waals surface area contributed by atoms with Gasteiger partial charge in [0.1, 0.15) is 5.82 Å². The van der Waals surface area contributed by atoms with Crippen LogP contribution in [0, 0.1) is 19.7 Å². The van der Waals surface area contributed by atoms with Gasteiger partial charge in [-0.05, 0) is 38.0 Å². The Hall–Kier alpha value is -2.54. The second-order valence-corrected chi connectivity index (χ2v) is 7.35. The smallest absolute Gasteiger partial charge is 0.226 e. The Balaban J connectivity index is 1.79. The highest BCUT2D eigenvalue weighted by atomic mass is 32.1. The van der Waals surface area contributed by atoms with E-state index >= 15 is 0 Å². The van der Waals surface area contributed by atoms with Gasteiger partial charge in [0.2, 0.25) is 11.0 Å². The second-order valence-electron chi connectivity index (χ2n) is 6.52. The van der Waals surface area contributed by atoms with Crippen LogP contribution < -0.4 is 5.32 Å². The van der Waals surface area contributed by atoms with Crippen LogP contribution in [-0.4, -0.2) is 27.2 Å². The van der Waals surface area contributed by atoms with Crippen LogP contribution in [0.4, 0.5) is 4.39 Å². The number of halogens is 1. The molecule has 0 bridgehead atoms. The molecule has 5 nitrogen and oxygen atoms in total. The first kappa shape index (κ1) is 19.2. The molecule has 2 heterocycles. The molecule has 0 aliphatic rings. The van der Waals surface area contributed by atoms with Gasteiger partial charge in [-0.25, -0.2) is 14.1 Å². The molecule has 0 spiro atoms. The number of nitrogens with one attached hydrogen (secondary N) is 1. The van der Waals surface area contributed by atoms with Gasteiger partial charge in [0, 0.05) is 29.6 Å². The number of rotatable bonds is 7. The van der Waals surface area contributed by atoms with Crippen LogP contribution in [0.5, 0.6) is 0 Å². The summed E-state index contributed by atoms with van der Waals surface area (Å²) in [5.41, 5.74) is 4.59. The summed E-state index contributed by atoms with van der Waals surface area (Å²) in [7, 11) is 0. The highest BCUT2D eigenvalue weighted by Gasteiger charge is 2.16. The Morgan fingerprint density at radius 3 is 2.89 bits per heavy atom. The average molecular weight is 386 g/mol. The maximum absolute atomic E-state index is 13.5. The van der Waals surface area contributed by atoms with Crippen molar-refractivity contribution in [2.45, 2.75) is 40.0 Å². The first-order valence-corrected chi connectivity index (χ1v) is 9.87. The van der Waals surface area contributed by atoms with E-state index in [9.17, 15) is 9.18 Å². The number of aromatic nitrogens is 3. The summed E-state index contributed by atoms with van der Waals surface area (Å²) in [5, 5.41) is 10.1. The van der Waals surface area contributed by atoms with Gasteiger partial charge in [-0.15, -0.1) is 11.3 Å². The largest absolute Gasteiger partial charge is 0.356 e. The molecular weight excluding hydrogens is 363 g/mol. The molecular formula is C20H23FN4OS. The van der Waals surface area contributed by atoms with Gasteiger partial charge in [-0.2, -0.15) is 5.10 Å². The molecule has 0 fully saturated rings. The third-order valence-electron chi connectivity index (χ3n) is 4.35. The fourth-order valence-electron chi connectivity index (χ4n) is 2.93. The Morgan fingerprint density at radius 2 is 2.15 bits per heavy atom. The molecule has 0 atom stereocenters. The summed E-state index contributed by atoms with van der Waals surface area (Å²) in [5.74, 6) is -0.255. The van der Waals surface area contributed by atoms with Gasteiger partial charge in [0.15, 0.2) is 0 Å². The maximum atomic E-state index is 13.5. The molecule has 7 heteroatoms. The van der Waals surface area contributed by atoms with Crippen molar-refractivity contribution in [2.24, 2.45) is 0 Å². The minimum Gasteiger partial charge on any atom is -0.356 e. The first-order chi connectivity index (χ1) is 13.0. The van der Waals surface area contributed by atoms with Crippen LogP contribution in [0.3, 0.4) is 0 Å². The van der Waals surface area contributed by atoms with Crippen molar-refractivity contribution in [3.05, 3.63) is 63.7 Å². The minimum atomic E-state index is -0.235. The van der Waals surface area contributed by atoms with E-state index in [0.717, 1.165) is 39.8 Å². The third-order valence-corrected chi connectivity index (χ3v) is 5.21. The Labute approximate surface area is 162 Å². The number of carbonyl (C=O) groups is 1. The van der Waals surface area contributed by atoms with Crippen LogP contribution in [0.2, 0.25) is 0 Å². The van der Waals surface area contributed by atoms with Crippen molar-refractivity contribution in [3.63, 3.8) is 0 Å². The van der Waals surface area contributed by atoms with Gasteiger partial charge in [0.25, 0.3) is 0 Å². The zero-order valence-corrected chi connectivity index (χ0v) is 16.6. The lowest BCUT2D eigenvalue weighted by Gasteiger charge is -2.04. The summed E-state index contributed by atoms with van der Waals surface area (Å²) >= 11 is 1.46. The summed E-state index contributed by atoms with van der Waals surface area (Å²) in [6.07, 6.45) is 1.80. The van der Waals surface area contributed by atoms with Gasteiger partial charge in [-0.1, -0.05) is 19.1 Å². The Bertz CT molecular complexity index is 947. The summed E-state index contributed by atoms with van der Waals surface area (Å²) in [4.78, 5) is 16.4. The number of nitrogens with zero attached hydrogens (tertiary/aromatic N) is 3. The van der Waals surface area contributed by atoms with E-state index in [1.807, 2.05) is 36.9 Å². The van der Waals surface area contributed by atoms with Crippen molar-refractivity contribution in [3.8, 4) is 5.13 Å². The molecule has 27 heavy (non-hydrogen) atoms. The van der Waals surface area contributed by atoms with E-state index in [4.69, 9.17) is 0 Å². The van der Waals surface area contributed by atoms with Crippen molar-refractivity contribution in [1.29, 1.82) is 0 Å². The molecule has 1 amide bonds. The normalized spacial score (nSPS) is 11.0. The fourth-order valence-corrected chi connectivity index (χ4v) is 3.76. The molecule has 2 aromatic heterocycles. The lowest BCUT2D eigenvalue weighted by Crippen LogP contribution is -2.25. The molecule has 142 valence electrons. The van der Waals surface area contributed by atoms with Gasteiger partial charge >= 0.3 is 0 Å². The highest BCUT2D eigenvalue weighted by molar-refractivity contribution is 7.12. The molecule has 3 rings (SSSR count). The third kappa shape index (κ3) is 4.60. The molecule has 1 N–H and O–H groups in total.